The molecule has 0 aromatic rings. The average molecular weight is 646 g/mol. The zero-order valence-electron chi connectivity index (χ0n) is 29.4. The molecule has 0 unspecified atom stereocenters. The molecule has 46 heavy (non-hydrogen) atoms. The van der Waals surface area contributed by atoms with E-state index in [0.717, 1.165) is 11.1 Å². The van der Waals surface area contributed by atoms with Crippen molar-refractivity contribution in [3.8, 4) is 0 Å². The van der Waals surface area contributed by atoms with Crippen LogP contribution in [0.4, 0.5) is 4.79 Å². The number of nitrogens with zero attached hydrogens (tertiary/aromatic N) is 1. The van der Waals surface area contributed by atoms with Gasteiger partial charge >= 0.3 is 18.0 Å². The zero-order valence-corrected chi connectivity index (χ0v) is 29.4. The minimum Gasteiger partial charge on any atom is -0.461 e. The van der Waals surface area contributed by atoms with Gasteiger partial charge in [-0.05, 0) is 37.7 Å². The second kappa shape index (κ2) is 20.1. The highest BCUT2D eigenvalue weighted by Crippen LogP contribution is 2.27. The van der Waals surface area contributed by atoms with Crippen LogP contribution >= 0.6 is 0 Å². The van der Waals surface area contributed by atoms with Gasteiger partial charge in [0.1, 0.15) is 37.9 Å². The summed E-state index contributed by atoms with van der Waals surface area (Å²) >= 11 is 0. The van der Waals surface area contributed by atoms with Crippen molar-refractivity contribution in [2.75, 3.05) is 26.8 Å². The van der Waals surface area contributed by atoms with Gasteiger partial charge in [-0.2, -0.15) is 0 Å². The third-order valence-electron chi connectivity index (χ3n) is 6.76. The summed E-state index contributed by atoms with van der Waals surface area (Å²) < 4.78 is 15.8. The number of rotatable bonds is 18. The first-order chi connectivity index (χ1) is 21.2. The molecule has 0 spiro atoms. The monoisotopic (exact) mass is 645 g/mol. The van der Waals surface area contributed by atoms with Crippen LogP contribution in [0, 0.1) is 17.3 Å². The Morgan fingerprint density at radius 3 is 2.00 bits per heavy atom. The molecule has 258 valence electrons. The number of hydrogen-bond acceptors (Lipinski definition) is 8. The Morgan fingerprint density at radius 2 is 1.48 bits per heavy atom. The Balaban J connectivity index is 5.85. The van der Waals surface area contributed by atoms with Crippen molar-refractivity contribution in [3.05, 3.63) is 60.8 Å². The fraction of sp³-hybridized carbons (Fsp3) is 0.571. The molecule has 0 aliphatic carbocycles. The summed E-state index contributed by atoms with van der Waals surface area (Å²) in [5.41, 5.74) is 2.13. The maximum atomic E-state index is 13.2. The van der Waals surface area contributed by atoms with E-state index in [9.17, 15) is 24.0 Å². The van der Waals surface area contributed by atoms with Gasteiger partial charge in [0.2, 0.25) is 11.8 Å². The fourth-order valence-corrected chi connectivity index (χ4v) is 4.75. The smallest absolute Gasteiger partial charge is 0.408 e. The van der Waals surface area contributed by atoms with E-state index < -0.39 is 60.5 Å². The summed E-state index contributed by atoms with van der Waals surface area (Å²) in [6.45, 7) is 27.4. The second-order valence-electron chi connectivity index (χ2n) is 12.8. The molecule has 0 bridgehead atoms. The lowest BCUT2D eigenvalue weighted by molar-refractivity contribution is -0.150. The molecular formula is C35H55N3O8. The molecule has 0 radical (unpaired) electrons. The number of esters is 2. The normalized spacial score (nSPS) is 14.6. The van der Waals surface area contributed by atoms with Crippen LogP contribution in [0.3, 0.4) is 0 Å². The Labute approximate surface area is 275 Å². The van der Waals surface area contributed by atoms with Crippen LogP contribution in [0.5, 0.6) is 0 Å². The van der Waals surface area contributed by atoms with E-state index in [-0.39, 0.29) is 31.0 Å². The van der Waals surface area contributed by atoms with Gasteiger partial charge in [-0.25, -0.2) is 4.79 Å². The molecule has 3 amide bonds. The van der Waals surface area contributed by atoms with E-state index in [1.807, 2.05) is 19.9 Å². The predicted molar refractivity (Wildman–Crippen MR) is 179 cm³/mol. The highest BCUT2D eigenvalue weighted by atomic mass is 16.6. The Hall–Kier alpha value is -4.15. The van der Waals surface area contributed by atoms with E-state index in [4.69, 9.17) is 14.2 Å². The first-order valence-electron chi connectivity index (χ1n) is 15.3. The van der Waals surface area contributed by atoms with Crippen molar-refractivity contribution in [3.63, 3.8) is 0 Å². The summed E-state index contributed by atoms with van der Waals surface area (Å²) in [4.78, 5) is 64.7. The summed E-state index contributed by atoms with van der Waals surface area (Å²) in [6.07, 6.45) is 5.22. The van der Waals surface area contributed by atoms with Gasteiger partial charge in [-0.1, -0.05) is 96.7 Å². The van der Waals surface area contributed by atoms with Crippen LogP contribution in [-0.4, -0.2) is 79.7 Å². The first kappa shape index (κ1) is 41.9. The minimum absolute atomic E-state index is 0.0196. The SMILES string of the molecule is C=CCOC(=O)CC(=C)[C@H](C)[C@@H](OC(=O)CNC(=O)[C@H](C(C)C)N(C)C(=O)[C@H](C)NC(=O)OCC=C)/C(C)=C/C(C)=C/C(C)(C)C. The lowest BCUT2D eigenvalue weighted by Crippen LogP contribution is -2.55. The summed E-state index contributed by atoms with van der Waals surface area (Å²) in [6, 6.07) is -1.92. The van der Waals surface area contributed by atoms with Gasteiger partial charge in [0.15, 0.2) is 0 Å². The topological polar surface area (TPSA) is 140 Å². The number of alkyl carbamates (subject to hydrolysis) is 1. The molecule has 4 atom stereocenters. The lowest BCUT2D eigenvalue weighted by Gasteiger charge is -2.32. The maximum Gasteiger partial charge on any atom is 0.408 e. The molecule has 11 nitrogen and oxygen atoms in total. The van der Waals surface area contributed by atoms with Crippen LogP contribution in [0.25, 0.3) is 0 Å². The van der Waals surface area contributed by atoms with Gasteiger partial charge in [0, 0.05) is 13.0 Å². The Morgan fingerprint density at radius 1 is 0.913 bits per heavy atom. The molecule has 0 rings (SSSR count). The molecule has 2 N–H and O–H groups in total. The van der Waals surface area contributed by atoms with Crippen molar-refractivity contribution in [2.24, 2.45) is 17.3 Å². The van der Waals surface area contributed by atoms with Gasteiger partial charge in [-0.15, -0.1) is 0 Å². The van der Waals surface area contributed by atoms with Crippen LogP contribution in [0.2, 0.25) is 0 Å². The van der Waals surface area contributed by atoms with Crippen molar-refractivity contribution in [1.82, 2.24) is 15.5 Å². The van der Waals surface area contributed by atoms with Crippen LogP contribution in [-0.2, 0) is 33.4 Å². The lowest BCUT2D eigenvalue weighted by atomic mass is 9.88. The predicted octanol–water partition coefficient (Wildman–Crippen LogP) is 5.05. The van der Waals surface area contributed by atoms with Gasteiger partial charge in [0.25, 0.3) is 0 Å². The van der Waals surface area contributed by atoms with Crippen LogP contribution in [0.1, 0.15) is 68.7 Å². The third kappa shape index (κ3) is 15.7. The van der Waals surface area contributed by atoms with Gasteiger partial charge in [0.05, 0.1) is 6.42 Å². The third-order valence-corrected chi connectivity index (χ3v) is 6.76. The highest BCUT2D eigenvalue weighted by molar-refractivity contribution is 5.92. The number of ether oxygens (including phenoxy) is 3. The molecule has 11 heteroatoms. The molecule has 0 aliphatic rings. The standard InChI is InChI=1S/C35H55N3O8/c1-14-16-44-28(39)19-24(6)26(8)31(25(7)18-23(5)20-35(10,11)12)46-29(40)21-36-32(41)30(22(3)4)38(13)33(42)27(9)37-34(43)45-17-15-2/h14-15,18,20,22,26-27,30-31H,1-2,6,16-17,19,21H2,3-5,7-13H3,(H,36,41)(H,37,43)/b23-20+,25-18+/t26-,27-,30-,31-/m0/s1. The number of allylic oxidation sites excluding steroid dienone is 3. The molecule has 0 fully saturated rings. The minimum atomic E-state index is -0.976. The largest absolute Gasteiger partial charge is 0.461 e. The number of carbonyl (C=O) groups excluding carboxylic acids is 5. The van der Waals surface area contributed by atoms with E-state index in [2.05, 4.69) is 57.2 Å². The van der Waals surface area contributed by atoms with E-state index in [0.29, 0.717) is 5.57 Å². The quantitative estimate of drug-likeness (QED) is 0.0914. The maximum absolute atomic E-state index is 13.2. The molecular weight excluding hydrogens is 590 g/mol. The molecule has 0 saturated carbocycles. The summed E-state index contributed by atoms with van der Waals surface area (Å²) in [7, 11) is 1.45. The molecule has 0 saturated heterocycles. The van der Waals surface area contributed by atoms with Crippen molar-refractivity contribution >= 4 is 29.8 Å². The summed E-state index contributed by atoms with van der Waals surface area (Å²) in [5.74, 6) is -3.08. The van der Waals surface area contributed by atoms with Gasteiger partial charge in [-0.3, -0.25) is 19.2 Å². The number of likely N-dealkylation sites (N-methyl/N-ethyl adjacent to an activating group) is 1. The molecule has 0 aromatic heterocycles. The van der Waals surface area contributed by atoms with Gasteiger partial charge < -0.3 is 29.7 Å². The molecule has 0 aliphatic heterocycles. The van der Waals surface area contributed by atoms with E-state index in [1.165, 1.54) is 31.0 Å². The van der Waals surface area contributed by atoms with Crippen LogP contribution < -0.4 is 10.6 Å². The highest BCUT2D eigenvalue weighted by Gasteiger charge is 2.33. The van der Waals surface area contributed by atoms with E-state index in [1.54, 1.807) is 20.8 Å². The Kier molecular flexibility index (Phi) is 18.3. The summed E-state index contributed by atoms with van der Waals surface area (Å²) in [5, 5.41) is 5.00. The fourth-order valence-electron chi connectivity index (χ4n) is 4.75. The number of nitrogens with one attached hydrogen (secondary N) is 2. The molecule has 0 aromatic carbocycles. The van der Waals surface area contributed by atoms with Crippen molar-refractivity contribution < 1.29 is 38.2 Å². The number of amides is 3. The van der Waals surface area contributed by atoms with Crippen LogP contribution in [0.15, 0.2) is 60.8 Å². The number of carbonyl (C=O) groups is 5. The molecule has 0 heterocycles. The second-order valence-corrected chi connectivity index (χ2v) is 12.8. The zero-order chi connectivity index (χ0) is 35.8. The average Bonchev–Trinajstić information content (AvgIpc) is 2.94. The van der Waals surface area contributed by atoms with E-state index >= 15 is 0 Å². The first-order valence-corrected chi connectivity index (χ1v) is 15.3. The van der Waals surface area contributed by atoms with Crippen molar-refractivity contribution in [1.29, 1.82) is 0 Å². The van der Waals surface area contributed by atoms with Crippen molar-refractivity contribution in [2.45, 2.75) is 86.9 Å². The number of hydrogen-bond donors (Lipinski definition) is 2. The Bertz CT molecular complexity index is 1180.